The number of aromatic nitrogens is 3. The minimum absolute atomic E-state index is 0.104. The Labute approximate surface area is 114 Å². The molecule has 0 bridgehead atoms. The Balaban J connectivity index is 2.36. The first-order valence-corrected chi connectivity index (χ1v) is 5.84. The minimum Gasteiger partial charge on any atom is -0.481 e. The van der Waals surface area contributed by atoms with Crippen LogP contribution >= 0.6 is 15.9 Å². The highest BCUT2D eigenvalue weighted by Crippen LogP contribution is 2.26. The average Bonchev–Trinajstić information content (AvgIpc) is 2.76. The van der Waals surface area contributed by atoms with E-state index in [1.807, 2.05) is 0 Å². The number of hydrogen-bond acceptors (Lipinski definition) is 5. The van der Waals surface area contributed by atoms with Gasteiger partial charge in [-0.05, 0) is 28.1 Å². The van der Waals surface area contributed by atoms with Crippen molar-refractivity contribution in [2.75, 3.05) is 0 Å². The molecule has 1 heterocycles. The largest absolute Gasteiger partial charge is 0.481 e. The molecule has 0 saturated carbocycles. The monoisotopic (exact) mass is 326 g/mol. The fourth-order valence-electron chi connectivity index (χ4n) is 1.44. The lowest BCUT2D eigenvalue weighted by Gasteiger charge is -2.01. The molecule has 2 rings (SSSR count). The number of carboxylic acid groups (broad SMARTS) is 1. The van der Waals surface area contributed by atoms with E-state index in [2.05, 4.69) is 26.2 Å². The molecular formula is C10H7BrN4O4. The Morgan fingerprint density at radius 3 is 2.89 bits per heavy atom. The number of rotatable bonds is 4. The van der Waals surface area contributed by atoms with E-state index >= 15 is 0 Å². The van der Waals surface area contributed by atoms with Crippen LogP contribution in [0.15, 0.2) is 28.9 Å². The first-order chi connectivity index (χ1) is 8.97. The van der Waals surface area contributed by atoms with Crippen molar-refractivity contribution < 1.29 is 14.8 Å². The maximum absolute atomic E-state index is 10.8. The van der Waals surface area contributed by atoms with Gasteiger partial charge in [0.2, 0.25) is 0 Å². The highest BCUT2D eigenvalue weighted by molar-refractivity contribution is 9.10. The van der Waals surface area contributed by atoms with Gasteiger partial charge in [-0.2, -0.15) is 0 Å². The van der Waals surface area contributed by atoms with E-state index in [-0.39, 0.29) is 17.8 Å². The maximum atomic E-state index is 10.8. The van der Waals surface area contributed by atoms with Crippen LogP contribution in [0.25, 0.3) is 5.69 Å². The molecule has 2 aromatic rings. The van der Waals surface area contributed by atoms with Gasteiger partial charge in [0.25, 0.3) is 5.69 Å². The van der Waals surface area contributed by atoms with E-state index in [1.54, 1.807) is 6.07 Å². The number of nitrogens with zero attached hydrogens (tertiary/aromatic N) is 4. The van der Waals surface area contributed by atoms with Crippen LogP contribution in [0.2, 0.25) is 0 Å². The normalized spacial score (nSPS) is 10.4. The predicted octanol–water partition coefficient (Wildman–Crippen LogP) is 1.57. The van der Waals surface area contributed by atoms with Crippen LogP contribution in [-0.4, -0.2) is 31.0 Å². The van der Waals surface area contributed by atoms with Gasteiger partial charge >= 0.3 is 5.97 Å². The maximum Gasteiger partial charge on any atom is 0.309 e. The minimum atomic E-state index is -1.02. The highest BCUT2D eigenvalue weighted by Gasteiger charge is 2.14. The van der Waals surface area contributed by atoms with E-state index < -0.39 is 10.9 Å². The molecule has 19 heavy (non-hydrogen) atoms. The Morgan fingerprint density at radius 1 is 1.53 bits per heavy atom. The van der Waals surface area contributed by atoms with Crippen molar-refractivity contribution in [2.45, 2.75) is 6.42 Å². The second-order valence-electron chi connectivity index (χ2n) is 3.62. The molecular weight excluding hydrogens is 320 g/mol. The zero-order valence-electron chi connectivity index (χ0n) is 9.36. The topological polar surface area (TPSA) is 111 Å². The first-order valence-electron chi connectivity index (χ1n) is 5.04. The highest BCUT2D eigenvalue weighted by atomic mass is 79.9. The van der Waals surface area contributed by atoms with Gasteiger partial charge in [-0.25, -0.2) is 4.68 Å². The number of nitro groups is 1. The van der Waals surface area contributed by atoms with E-state index in [0.717, 1.165) is 0 Å². The Bertz CT molecular complexity index is 655. The molecule has 1 N–H and O–H groups in total. The predicted molar refractivity (Wildman–Crippen MR) is 67.1 cm³/mol. The fourth-order valence-corrected chi connectivity index (χ4v) is 1.84. The summed E-state index contributed by atoms with van der Waals surface area (Å²) < 4.78 is 1.64. The molecule has 0 aliphatic heterocycles. The van der Waals surface area contributed by atoms with Gasteiger partial charge in [0.15, 0.2) is 0 Å². The molecule has 0 amide bonds. The lowest BCUT2D eigenvalue weighted by molar-refractivity contribution is -0.385. The van der Waals surface area contributed by atoms with Gasteiger partial charge in [-0.15, -0.1) is 5.10 Å². The molecule has 1 aromatic heterocycles. The third-order valence-electron chi connectivity index (χ3n) is 2.26. The molecule has 0 fully saturated rings. The molecule has 0 radical (unpaired) electrons. The van der Waals surface area contributed by atoms with Crippen LogP contribution in [0.4, 0.5) is 5.69 Å². The van der Waals surface area contributed by atoms with Crippen molar-refractivity contribution in [3.63, 3.8) is 0 Å². The molecule has 0 unspecified atom stereocenters. The van der Waals surface area contributed by atoms with Crippen molar-refractivity contribution in [3.05, 3.63) is 44.7 Å². The average molecular weight is 327 g/mol. The van der Waals surface area contributed by atoms with E-state index in [0.29, 0.717) is 10.2 Å². The van der Waals surface area contributed by atoms with Gasteiger partial charge in [0.05, 0.1) is 33.4 Å². The number of aliphatic carboxylic acids is 1. The standard InChI is InChI=1S/C10H7BrN4O4/c11-8-2-1-7(4-9(8)15(18)19)14-5-6(12-13-14)3-10(16)17/h1-2,4-5H,3H2,(H,16,17). The zero-order chi connectivity index (χ0) is 14.0. The van der Waals surface area contributed by atoms with Crippen LogP contribution in [-0.2, 0) is 11.2 Å². The first kappa shape index (κ1) is 13.1. The molecule has 8 nitrogen and oxygen atoms in total. The number of carbonyl (C=O) groups is 1. The number of halogens is 1. The van der Waals surface area contributed by atoms with Crippen LogP contribution < -0.4 is 0 Å². The summed E-state index contributed by atoms with van der Waals surface area (Å²) in [6.07, 6.45) is 1.17. The quantitative estimate of drug-likeness (QED) is 0.674. The molecule has 0 spiro atoms. The van der Waals surface area contributed by atoms with Crippen molar-refractivity contribution in [3.8, 4) is 5.69 Å². The van der Waals surface area contributed by atoms with Crippen LogP contribution in [0.5, 0.6) is 0 Å². The number of benzene rings is 1. The van der Waals surface area contributed by atoms with Gasteiger partial charge < -0.3 is 5.11 Å². The van der Waals surface area contributed by atoms with Crippen LogP contribution in [0, 0.1) is 10.1 Å². The number of hydrogen-bond donors (Lipinski definition) is 1. The van der Waals surface area contributed by atoms with Crippen molar-refractivity contribution >= 4 is 27.6 Å². The number of carboxylic acids is 1. The third-order valence-corrected chi connectivity index (χ3v) is 2.93. The third kappa shape index (κ3) is 2.94. The Morgan fingerprint density at radius 2 is 2.26 bits per heavy atom. The number of nitro benzene ring substituents is 1. The lowest BCUT2D eigenvalue weighted by atomic mass is 10.3. The molecule has 1 aromatic carbocycles. The molecule has 9 heteroatoms. The van der Waals surface area contributed by atoms with Crippen molar-refractivity contribution in [1.29, 1.82) is 0 Å². The van der Waals surface area contributed by atoms with Gasteiger partial charge in [-0.3, -0.25) is 14.9 Å². The molecule has 0 aliphatic carbocycles. The second-order valence-corrected chi connectivity index (χ2v) is 4.47. The summed E-state index contributed by atoms with van der Waals surface area (Å²) in [7, 11) is 0. The summed E-state index contributed by atoms with van der Waals surface area (Å²) in [6.45, 7) is 0. The molecule has 98 valence electrons. The van der Waals surface area contributed by atoms with E-state index in [4.69, 9.17) is 5.11 Å². The lowest BCUT2D eigenvalue weighted by Crippen LogP contribution is -2.00. The van der Waals surface area contributed by atoms with E-state index in [1.165, 1.54) is 23.0 Å². The van der Waals surface area contributed by atoms with Crippen LogP contribution in [0.3, 0.4) is 0 Å². The smallest absolute Gasteiger partial charge is 0.309 e. The zero-order valence-corrected chi connectivity index (χ0v) is 10.9. The summed E-state index contributed by atoms with van der Waals surface area (Å²) in [5.41, 5.74) is 0.602. The summed E-state index contributed by atoms with van der Waals surface area (Å²) in [5.74, 6) is -1.02. The van der Waals surface area contributed by atoms with Crippen LogP contribution in [0.1, 0.15) is 5.69 Å². The summed E-state index contributed by atoms with van der Waals surface area (Å²) in [5, 5.41) is 26.9. The molecule has 0 aliphatic rings. The second kappa shape index (κ2) is 5.14. The Hall–Kier alpha value is -2.29. The molecule has 0 saturated heterocycles. The van der Waals surface area contributed by atoms with Gasteiger partial charge in [0, 0.05) is 6.07 Å². The van der Waals surface area contributed by atoms with Gasteiger partial charge in [0.1, 0.15) is 0 Å². The Kier molecular flexibility index (Phi) is 3.56. The van der Waals surface area contributed by atoms with Gasteiger partial charge in [-0.1, -0.05) is 5.21 Å². The van der Waals surface area contributed by atoms with E-state index in [9.17, 15) is 14.9 Å². The van der Waals surface area contributed by atoms with Crippen molar-refractivity contribution in [1.82, 2.24) is 15.0 Å². The summed E-state index contributed by atoms with van der Waals surface area (Å²) >= 11 is 3.08. The molecule has 0 atom stereocenters. The fraction of sp³-hybridized carbons (Fsp3) is 0.100. The van der Waals surface area contributed by atoms with Crippen molar-refractivity contribution in [2.24, 2.45) is 0 Å². The summed E-state index contributed by atoms with van der Waals surface area (Å²) in [4.78, 5) is 20.8. The summed E-state index contributed by atoms with van der Waals surface area (Å²) in [6, 6.07) is 4.45. The SMILES string of the molecule is O=C(O)Cc1cn(-c2ccc(Br)c([N+](=O)[O-])c2)nn1.